The summed E-state index contributed by atoms with van der Waals surface area (Å²) in [4.78, 5) is 23.4. The van der Waals surface area contributed by atoms with Crippen LogP contribution in [-0.2, 0) is 14.8 Å². The summed E-state index contributed by atoms with van der Waals surface area (Å²) in [6, 6.07) is 7.49. The van der Waals surface area contributed by atoms with Crippen LogP contribution in [0.4, 0.5) is 0 Å². The number of nitrogens with zero attached hydrogens (tertiary/aromatic N) is 1. The Kier molecular flexibility index (Phi) is 4.19. The number of nitriles is 1. The first-order chi connectivity index (χ1) is 10.3. The smallest absolute Gasteiger partial charge is 0.337 e. The lowest BCUT2D eigenvalue weighted by Gasteiger charge is -2.09. The van der Waals surface area contributed by atoms with Crippen molar-refractivity contribution in [2.45, 2.75) is 12.8 Å². The first-order valence-electron chi connectivity index (χ1n) is 6.45. The molecule has 7 nitrogen and oxygen atoms in total. The molecule has 1 amide bonds. The highest BCUT2D eigenvalue weighted by Gasteiger charge is 2.47. The predicted octanol–water partition coefficient (Wildman–Crippen LogP) is 0.837. The minimum Gasteiger partial charge on any atom is -0.465 e. The van der Waals surface area contributed by atoms with Crippen molar-refractivity contribution in [1.82, 2.24) is 4.72 Å². The highest BCUT2D eigenvalue weighted by molar-refractivity contribution is 7.90. The first-order valence-corrected chi connectivity index (χ1v) is 8.10. The third kappa shape index (κ3) is 3.62. The van der Waals surface area contributed by atoms with Crippen LogP contribution in [-0.4, -0.2) is 33.2 Å². The van der Waals surface area contributed by atoms with Crippen molar-refractivity contribution in [2.24, 2.45) is 5.41 Å². The second kappa shape index (κ2) is 5.77. The van der Waals surface area contributed by atoms with E-state index in [0.29, 0.717) is 12.8 Å². The molecule has 2 rings (SSSR count). The number of methoxy groups -OCH3 is 1. The minimum atomic E-state index is -3.91. The number of hydrogen-bond donors (Lipinski definition) is 1. The van der Waals surface area contributed by atoms with Crippen LogP contribution in [0.5, 0.6) is 0 Å². The van der Waals surface area contributed by atoms with Crippen molar-refractivity contribution in [3.8, 4) is 6.07 Å². The Labute approximate surface area is 127 Å². The number of rotatable bonds is 5. The van der Waals surface area contributed by atoms with Gasteiger partial charge in [0.25, 0.3) is 5.91 Å². The second-order valence-electron chi connectivity index (χ2n) is 5.15. The molecule has 1 saturated carbocycles. The van der Waals surface area contributed by atoms with Gasteiger partial charge in [-0.2, -0.15) is 5.26 Å². The van der Waals surface area contributed by atoms with Crippen molar-refractivity contribution in [2.75, 3.05) is 12.9 Å². The van der Waals surface area contributed by atoms with Crippen molar-refractivity contribution < 1.29 is 22.7 Å². The third-order valence-electron chi connectivity index (χ3n) is 3.35. The summed E-state index contributed by atoms with van der Waals surface area (Å²) in [7, 11) is -2.71. The van der Waals surface area contributed by atoms with E-state index >= 15 is 0 Å². The Morgan fingerprint density at radius 2 is 2.00 bits per heavy atom. The van der Waals surface area contributed by atoms with Crippen LogP contribution < -0.4 is 4.72 Å². The summed E-state index contributed by atoms with van der Waals surface area (Å²) in [5, 5.41) is 8.92. The summed E-state index contributed by atoms with van der Waals surface area (Å²) in [5.74, 6) is -1.88. The number of benzene rings is 1. The molecule has 0 radical (unpaired) electrons. The number of ether oxygens (including phenoxy) is 1. The van der Waals surface area contributed by atoms with Crippen LogP contribution in [0.1, 0.15) is 33.6 Å². The van der Waals surface area contributed by atoms with Gasteiger partial charge in [-0.25, -0.2) is 17.9 Å². The summed E-state index contributed by atoms with van der Waals surface area (Å²) < 4.78 is 30.3. The summed E-state index contributed by atoms with van der Waals surface area (Å²) in [6.45, 7) is 0. The van der Waals surface area contributed by atoms with Crippen LogP contribution in [0.3, 0.4) is 0 Å². The quantitative estimate of drug-likeness (QED) is 0.803. The zero-order valence-electron chi connectivity index (χ0n) is 11.8. The minimum absolute atomic E-state index is 0.0216. The molecule has 1 N–H and O–H groups in total. The Balaban J connectivity index is 2.12. The van der Waals surface area contributed by atoms with Gasteiger partial charge in [-0.05, 0) is 31.0 Å². The lowest BCUT2D eigenvalue weighted by molar-refractivity contribution is 0.0600. The van der Waals surface area contributed by atoms with Crippen LogP contribution in [0.25, 0.3) is 0 Å². The maximum absolute atomic E-state index is 12.0. The van der Waals surface area contributed by atoms with E-state index in [2.05, 4.69) is 4.74 Å². The van der Waals surface area contributed by atoms with E-state index in [1.54, 1.807) is 0 Å². The Bertz CT molecular complexity index is 760. The molecule has 0 heterocycles. The normalized spacial score (nSPS) is 15.5. The van der Waals surface area contributed by atoms with E-state index in [9.17, 15) is 18.0 Å². The molecule has 0 spiro atoms. The molecular weight excluding hydrogens is 308 g/mol. The number of hydrogen-bond acceptors (Lipinski definition) is 6. The standard InChI is InChI=1S/C14H14N2O5S/c1-21-13(18)11-4-2-3-10(7-11)12(17)16-22(19,20)9-14(8-15)5-6-14/h2-4,7H,5-6,9H2,1H3,(H,16,17). The SMILES string of the molecule is COC(=O)c1cccc(C(=O)NS(=O)(=O)CC2(C#N)CC2)c1. The lowest BCUT2D eigenvalue weighted by atomic mass is 10.1. The monoisotopic (exact) mass is 322 g/mol. The lowest BCUT2D eigenvalue weighted by Crippen LogP contribution is -2.35. The molecule has 0 aromatic heterocycles. The van der Waals surface area contributed by atoms with Gasteiger partial charge in [0.15, 0.2) is 0 Å². The van der Waals surface area contributed by atoms with E-state index < -0.39 is 33.1 Å². The largest absolute Gasteiger partial charge is 0.465 e. The van der Waals surface area contributed by atoms with Gasteiger partial charge in [-0.3, -0.25) is 4.79 Å². The van der Waals surface area contributed by atoms with Crippen molar-refractivity contribution in [1.29, 1.82) is 5.26 Å². The molecule has 0 aliphatic heterocycles. The number of carbonyl (C=O) groups excluding carboxylic acids is 2. The molecule has 116 valence electrons. The van der Waals surface area contributed by atoms with Gasteiger partial charge in [-0.15, -0.1) is 0 Å². The van der Waals surface area contributed by atoms with Crippen molar-refractivity contribution >= 4 is 21.9 Å². The Hall–Kier alpha value is -2.40. The van der Waals surface area contributed by atoms with E-state index in [1.807, 2.05) is 10.8 Å². The average molecular weight is 322 g/mol. The summed E-state index contributed by atoms with van der Waals surface area (Å²) in [5.41, 5.74) is -0.712. The fourth-order valence-corrected chi connectivity index (χ4v) is 3.50. The number of nitrogens with one attached hydrogen (secondary N) is 1. The fraction of sp³-hybridized carbons (Fsp3) is 0.357. The average Bonchev–Trinajstić information content (AvgIpc) is 3.25. The third-order valence-corrected chi connectivity index (χ3v) is 4.78. The van der Waals surface area contributed by atoms with Gasteiger partial charge >= 0.3 is 5.97 Å². The topological polar surface area (TPSA) is 113 Å². The second-order valence-corrected chi connectivity index (χ2v) is 6.88. The molecule has 0 bridgehead atoms. The number of sulfonamides is 1. The van der Waals surface area contributed by atoms with Crippen molar-refractivity contribution in [3.05, 3.63) is 35.4 Å². The molecular formula is C14H14N2O5S. The van der Waals surface area contributed by atoms with Crippen LogP contribution in [0.15, 0.2) is 24.3 Å². The van der Waals surface area contributed by atoms with E-state index in [-0.39, 0.29) is 11.1 Å². The molecule has 0 atom stereocenters. The van der Waals surface area contributed by atoms with Gasteiger partial charge in [0.05, 0.1) is 29.9 Å². The Morgan fingerprint density at radius 1 is 1.36 bits per heavy atom. The zero-order chi connectivity index (χ0) is 16.4. The number of esters is 1. The molecule has 1 aliphatic rings. The van der Waals surface area contributed by atoms with Gasteiger partial charge in [0.1, 0.15) is 0 Å². The highest BCUT2D eigenvalue weighted by atomic mass is 32.2. The molecule has 22 heavy (non-hydrogen) atoms. The van der Waals surface area contributed by atoms with E-state index in [4.69, 9.17) is 5.26 Å². The molecule has 1 fully saturated rings. The summed E-state index contributed by atoms with van der Waals surface area (Å²) in [6.07, 6.45) is 1.02. The summed E-state index contributed by atoms with van der Waals surface area (Å²) >= 11 is 0. The van der Waals surface area contributed by atoms with Crippen LogP contribution >= 0.6 is 0 Å². The molecule has 0 saturated heterocycles. The number of carbonyl (C=O) groups is 2. The van der Waals surface area contributed by atoms with Gasteiger partial charge < -0.3 is 4.74 Å². The molecule has 1 aromatic rings. The van der Waals surface area contributed by atoms with E-state index in [1.165, 1.54) is 31.4 Å². The molecule has 1 aliphatic carbocycles. The van der Waals surface area contributed by atoms with Crippen LogP contribution in [0.2, 0.25) is 0 Å². The molecule has 0 unspecified atom stereocenters. The highest BCUT2D eigenvalue weighted by Crippen LogP contribution is 2.45. The van der Waals surface area contributed by atoms with Crippen LogP contribution in [0, 0.1) is 16.7 Å². The van der Waals surface area contributed by atoms with E-state index in [0.717, 1.165) is 0 Å². The maximum Gasteiger partial charge on any atom is 0.337 e. The van der Waals surface area contributed by atoms with Gasteiger partial charge in [0.2, 0.25) is 10.0 Å². The zero-order valence-corrected chi connectivity index (χ0v) is 12.6. The molecule has 8 heteroatoms. The molecule has 1 aromatic carbocycles. The van der Waals surface area contributed by atoms with Gasteiger partial charge in [0, 0.05) is 5.56 Å². The maximum atomic E-state index is 12.0. The van der Waals surface area contributed by atoms with Crippen molar-refractivity contribution in [3.63, 3.8) is 0 Å². The first kappa shape index (κ1) is 16.0. The number of amides is 1. The van der Waals surface area contributed by atoms with Gasteiger partial charge in [-0.1, -0.05) is 6.07 Å². The Morgan fingerprint density at radius 3 is 2.55 bits per heavy atom. The fourth-order valence-electron chi connectivity index (χ4n) is 1.94. The predicted molar refractivity (Wildman–Crippen MR) is 76.3 cm³/mol.